The van der Waals surface area contributed by atoms with Gasteiger partial charge in [0.05, 0.1) is 10.9 Å². The Balaban J connectivity index is 2.46. The van der Waals surface area contributed by atoms with Crippen molar-refractivity contribution in [1.29, 1.82) is 0 Å². The van der Waals surface area contributed by atoms with Crippen LogP contribution < -0.4 is 0 Å². The molecule has 1 N–H and O–H groups in total. The van der Waals surface area contributed by atoms with Gasteiger partial charge in [0.2, 0.25) is 0 Å². The van der Waals surface area contributed by atoms with Crippen molar-refractivity contribution in [3.8, 4) is 0 Å². The summed E-state index contributed by atoms with van der Waals surface area (Å²) in [5.41, 5.74) is 0. The Morgan fingerprint density at radius 2 is 2.31 bits per heavy atom. The van der Waals surface area contributed by atoms with E-state index in [2.05, 4.69) is 11.8 Å². The zero-order valence-corrected chi connectivity index (χ0v) is 9.24. The Morgan fingerprint density at radius 1 is 1.54 bits per heavy atom. The molecule has 13 heavy (non-hydrogen) atoms. The molecule has 0 spiro atoms. The number of hydrogen-bond acceptors (Lipinski definition) is 3. The summed E-state index contributed by atoms with van der Waals surface area (Å²) in [6, 6.07) is 3.95. The minimum absolute atomic E-state index is 0.215. The van der Waals surface area contributed by atoms with Crippen LogP contribution in [0.4, 0.5) is 0 Å². The highest BCUT2D eigenvalue weighted by atomic mass is 35.5. The van der Waals surface area contributed by atoms with Gasteiger partial charge in [-0.1, -0.05) is 18.5 Å². The number of rotatable bonds is 5. The standard InChI is InChI=1S/C9H14ClNOS/c1-2-11(5-6-12)7-8-3-4-9(10)13-8/h3-4,12H,2,5-7H2,1H3. The molecular formula is C9H14ClNOS. The van der Waals surface area contributed by atoms with Gasteiger partial charge < -0.3 is 5.11 Å². The van der Waals surface area contributed by atoms with E-state index in [-0.39, 0.29) is 6.61 Å². The summed E-state index contributed by atoms with van der Waals surface area (Å²) >= 11 is 7.41. The molecule has 0 aliphatic carbocycles. The van der Waals surface area contributed by atoms with E-state index in [0.717, 1.165) is 24.0 Å². The zero-order valence-electron chi connectivity index (χ0n) is 7.66. The van der Waals surface area contributed by atoms with Crippen molar-refractivity contribution in [3.63, 3.8) is 0 Å². The molecule has 0 unspecified atom stereocenters. The van der Waals surface area contributed by atoms with Gasteiger partial charge in [-0.15, -0.1) is 11.3 Å². The lowest BCUT2D eigenvalue weighted by Crippen LogP contribution is -2.25. The molecule has 0 bridgehead atoms. The lowest BCUT2D eigenvalue weighted by atomic mass is 10.4. The SMILES string of the molecule is CCN(CCO)Cc1ccc(Cl)s1. The topological polar surface area (TPSA) is 23.5 Å². The molecule has 1 heterocycles. The fourth-order valence-corrected chi connectivity index (χ4v) is 2.28. The number of aliphatic hydroxyl groups is 1. The number of thiophene rings is 1. The molecular weight excluding hydrogens is 206 g/mol. The van der Waals surface area contributed by atoms with Crippen LogP contribution in [-0.2, 0) is 6.54 Å². The van der Waals surface area contributed by atoms with Crippen LogP contribution in [0.2, 0.25) is 4.34 Å². The quantitative estimate of drug-likeness (QED) is 0.821. The van der Waals surface area contributed by atoms with Gasteiger partial charge >= 0.3 is 0 Å². The summed E-state index contributed by atoms with van der Waals surface area (Å²) in [5, 5.41) is 8.79. The van der Waals surface area contributed by atoms with Crippen molar-refractivity contribution in [2.75, 3.05) is 19.7 Å². The first-order valence-corrected chi connectivity index (χ1v) is 5.53. The molecule has 0 amide bonds. The van der Waals surface area contributed by atoms with Crippen molar-refractivity contribution < 1.29 is 5.11 Å². The summed E-state index contributed by atoms with van der Waals surface area (Å²) in [6.45, 7) is 4.87. The van der Waals surface area contributed by atoms with Crippen molar-refractivity contribution in [2.45, 2.75) is 13.5 Å². The van der Waals surface area contributed by atoms with Crippen molar-refractivity contribution >= 4 is 22.9 Å². The van der Waals surface area contributed by atoms with E-state index in [1.165, 1.54) is 4.88 Å². The van der Waals surface area contributed by atoms with Crippen LogP contribution in [0.3, 0.4) is 0 Å². The van der Waals surface area contributed by atoms with Crippen LogP contribution in [0.1, 0.15) is 11.8 Å². The first-order valence-electron chi connectivity index (χ1n) is 4.33. The summed E-state index contributed by atoms with van der Waals surface area (Å²) in [4.78, 5) is 3.43. The molecule has 74 valence electrons. The van der Waals surface area contributed by atoms with Crippen LogP contribution in [0.15, 0.2) is 12.1 Å². The molecule has 0 aliphatic heterocycles. The number of hydrogen-bond donors (Lipinski definition) is 1. The largest absolute Gasteiger partial charge is 0.395 e. The highest BCUT2D eigenvalue weighted by Gasteiger charge is 2.04. The normalized spacial score (nSPS) is 11.1. The van der Waals surface area contributed by atoms with Crippen LogP contribution in [0.25, 0.3) is 0 Å². The predicted octanol–water partition coefficient (Wildman–Crippen LogP) is 2.22. The van der Waals surface area contributed by atoms with Crippen molar-refractivity contribution in [1.82, 2.24) is 4.90 Å². The van der Waals surface area contributed by atoms with Gasteiger partial charge in [0.1, 0.15) is 0 Å². The Morgan fingerprint density at radius 3 is 2.77 bits per heavy atom. The molecule has 4 heteroatoms. The summed E-state index contributed by atoms with van der Waals surface area (Å²) in [7, 11) is 0. The lowest BCUT2D eigenvalue weighted by molar-refractivity contribution is 0.198. The average Bonchev–Trinajstić information content (AvgIpc) is 2.50. The van der Waals surface area contributed by atoms with Gasteiger partial charge in [-0.2, -0.15) is 0 Å². The second-order valence-electron chi connectivity index (χ2n) is 2.80. The molecule has 1 aromatic heterocycles. The van der Waals surface area contributed by atoms with Gasteiger partial charge in [-0.25, -0.2) is 0 Å². The van der Waals surface area contributed by atoms with E-state index in [1.54, 1.807) is 11.3 Å². The minimum atomic E-state index is 0.215. The van der Waals surface area contributed by atoms with Crippen LogP contribution >= 0.6 is 22.9 Å². The van der Waals surface area contributed by atoms with Crippen molar-refractivity contribution in [3.05, 3.63) is 21.3 Å². The smallest absolute Gasteiger partial charge is 0.0931 e. The van der Waals surface area contributed by atoms with Gasteiger partial charge in [0.15, 0.2) is 0 Å². The monoisotopic (exact) mass is 219 g/mol. The molecule has 0 atom stereocenters. The third kappa shape index (κ3) is 3.65. The first kappa shape index (κ1) is 11.0. The maximum Gasteiger partial charge on any atom is 0.0931 e. The fourth-order valence-electron chi connectivity index (χ4n) is 1.15. The molecule has 1 rings (SSSR count). The molecule has 1 aromatic rings. The second kappa shape index (κ2) is 5.60. The summed E-state index contributed by atoms with van der Waals surface area (Å²) in [6.07, 6.45) is 0. The van der Waals surface area contributed by atoms with Gasteiger partial charge in [0, 0.05) is 18.0 Å². The molecule has 0 fully saturated rings. The molecule has 2 nitrogen and oxygen atoms in total. The fraction of sp³-hybridized carbons (Fsp3) is 0.556. The average molecular weight is 220 g/mol. The number of nitrogens with zero attached hydrogens (tertiary/aromatic N) is 1. The highest BCUT2D eigenvalue weighted by molar-refractivity contribution is 7.16. The van der Waals surface area contributed by atoms with Crippen LogP contribution in [-0.4, -0.2) is 29.7 Å². The third-order valence-corrected chi connectivity index (χ3v) is 3.09. The Bertz CT molecular complexity index is 252. The molecule has 0 saturated heterocycles. The molecule has 0 radical (unpaired) electrons. The number of aliphatic hydroxyl groups excluding tert-OH is 1. The van der Waals surface area contributed by atoms with E-state index in [0.29, 0.717) is 0 Å². The van der Waals surface area contributed by atoms with E-state index in [4.69, 9.17) is 16.7 Å². The zero-order chi connectivity index (χ0) is 9.68. The van der Waals surface area contributed by atoms with Gasteiger partial charge in [-0.05, 0) is 18.7 Å². The Kier molecular flexibility index (Phi) is 4.73. The van der Waals surface area contributed by atoms with Gasteiger partial charge in [0.25, 0.3) is 0 Å². The second-order valence-corrected chi connectivity index (χ2v) is 4.60. The number of halogens is 1. The summed E-state index contributed by atoms with van der Waals surface area (Å²) in [5.74, 6) is 0. The number of likely N-dealkylation sites (N-methyl/N-ethyl adjacent to an activating group) is 1. The lowest BCUT2D eigenvalue weighted by Gasteiger charge is -2.17. The first-order chi connectivity index (χ1) is 6.26. The molecule has 0 saturated carbocycles. The minimum Gasteiger partial charge on any atom is -0.395 e. The molecule has 0 aromatic carbocycles. The van der Waals surface area contributed by atoms with Crippen LogP contribution in [0, 0.1) is 0 Å². The maximum absolute atomic E-state index is 8.79. The van der Waals surface area contributed by atoms with E-state index in [9.17, 15) is 0 Å². The maximum atomic E-state index is 8.79. The van der Waals surface area contributed by atoms with E-state index < -0.39 is 0 Å². The summed E-state index contributed by atoms with van der Waals surface area (Å²) < 4.78 is 0.829. The van der Waals surface area contributed by atoms with E-state index in [1.807, 2.05) is 12.1 Å². The van der Waals surface area contributed by atoms with Gasteiger partial charge in [-0.3, -0.25) is 4.90 Å². The predicted molar refractivity (Wildman–Crippen MR) is 57.4 cm³/mol. The highest BCUT2D eigenvalue weighted by Crippen LogP contribution is 2.22. The van der Waals surface area contributed by atoms with E-state index >= 15 is 0 Å². The molecule has 0 aliphatic rings. The Hall–Kier alpha value is -0.0900. The third-order valence-electron chi connectivity index (χ3n) is 1.87. The van der Waals surface area contributed by atoms with Crippen LogP contribution in [0.5, 0.6) is 0 Å². The Labute approximate surface area is 87.8 Å². The van der Waals surface area contributed by atoms with Crippen molar-refractivity contribution in [2.24, 2.45) is 0 Å².